The van der Waals surface area contributed by atoms with Gasteiger partial charge in [0.25, 0.3) is 11.6 Å². The van der Waals surface area contributed by atoms with Crippen molar-refractivity contribution >= 4 is 34.2 Å². The molecular formula is C27H26N4O5. The van der Waals surface area contributed by atoms with Crippen molar-refractivity contribution in [1.82, 2.24) is 4.90 Å². The van der Waals surface area contributed by atoms with Gasteiger partial charge in [-0.3, -0.25) is 19.8 Å². The van der Waals surface area contributed by atoms with Gasteiger partial charge < -0.3 is 20.1 Å². The first-order chi connectivity index (χ1) is 17.5. The van der Waals surface area contributed by atoms with E-state index in [-0.39, 0.29) is 18.4 Å². The van der Waals surface area contributed by atoms with Crippen molar-refractivity contribution in [3.05, 3.63) is 87.5 Å². The highest BCUT2D eigenvalue weighted by atomic mass is 16.7. The van der Waals surface area contributed by atoms with Crippen LogP contribution in [-0.2, 0) is 11.3 Å². The fourth-order valence-corrected chi connectivity index (χ4v) is 4.40. The van der Waals surface area contributed by atoms with Gasteiger partial charge in [0.2, 0.25) is 6.79 Å². The SMILES string of the molecule is CCN(CC)Cc1ccc(NC(=C2C(=O)Nc3cc([N+](=O)[O-])ccc32)c2ccc3c(c2)OCO3)cc1. The molecule has 2 heterocycles. The molecular weight excluding hydrogens is 460 g/mol. The molecule has 3 aromatic carbocycles. The minimum atomic E-state index is -0.481. The van der Waals surface area contributed by atoms with E-state index in [0.717, 1.165) is 30.9 Å². The lowest BCUT2D eigenvalue weighted by Crippen LogP contribution is -2.22. The van der Waals surface area contributed by atoms with Crippen molar-refractivity contribution in [1.29, 1.82) is 0 Å². The van der Waals surface area contributed by atoms with Gasteiger partial charge in [-0.05, 0) is 55.1 Å². The Balaban J connectivity index is 1.56. The summed E-state index contributed by atoms with van der Waals surface area (Å²) < 4.78 is 11.0. The van der Waals surface area contributed by atoms with Crippen LogP contribution in [0.15, 0.2) is 60.7 Å². The number of hydrogen-bond donors (Lipinski definition) is 2. The van der Waals surface area contributed by atoms with Gasteiger partial charge in [0.1, 0.15) is 0 Å². The van der Waals surface area contributed by atoms with Crippen LogP contribution in [0.2, 0.25) is 0 Å². The first-order valence-corrected chi connectivity index (χ1v) is 11.8. The Hall–Kier alpha value is -4.37. The van der Waals surface area contributed by atoms with Gasteiger partial charge in [-0.2, -0.15) is 0 Å². The first-order valence-electron chi connectivity index (χ1n) is 11.8. The second kappa shape index (κ2) is 9.71. The number of nitro benzene ring substituents is 1. The number of carbonyl (C=O) groups is 1. The van der Waals surface area contributed by atoms with Gasteiger partial charge in [0.15, 0.2) is 11.5 Å². The highest BCUT2D eigenvalue weighted by Crippen LogP contribution is 2.41. The molecule has 5 rings (SSSR count). The molecule has 3 aromatic rings. The number of carbonyl (C=O) groups excluding carboxylic acids is 1. The monoisotopic (exact) mass is 486 g/mol. The quantitative estimate of drug-likeness (QED) is 0.259. The van der Waals surface area contributed by atoms with Crippen LogP contribution in [0.3, 0.4) is 0 Å². The van der Waals surface area contributed by atoms with Crippen LogP contribution in [0, 0.1) is 10.1 Å². The van der Waals surface area contributed by atoms with E-state index in [4.69, 9.17) is 9.47 Å². The second-order valence-corrected chi connectivity index (χ2v) is 8.54. The Morgan fingerprint density at radius 2 is 1.78 bits per heavy atom. The Bertz CT molecular complexity index is 1360. The summed E-state index contributed by atoms with van der Waals surface area (Å²) in [6.45, 7) is 7.23. The zero-order valence-electron chi connectivity index (χ0n) is 20.0. The van der Waals surface area contributed by atoms with E-state index in [9.17, 15) is 14.9 Å². The molecule has 0 spiro atoms. The lowest BCUT2D eigenvalue weighted by molar-refractivity contribution is -0.384. The van der Waals surface area contributed by atoms with Crippen LogP contribution >= 0.6 is 0 Å². The maximum Gasteiger partial charge on any atom is 0.271 e. The standard InChI is InChI=1S/C27H26N4O5/c1-3-30(4-2)15-17-5-8-19(9-6-17)28-26(18-7-12-23-24(13-18)36-16-35-23)25-21-11-10-20(31(33)34)14-22(21)29-27(25)32/h5-14,28H,3-4,15-16H2,1-2H3,(H,29,32). The molecule has 9 heteroatoms. The van der Waals surface area contributed by atoms with Crippen LogP contribution < -0.4 is 20.1 Å². The van der Waals surface area contributed by atoms with E-state index in [1.807, 2.05) is 24.3 Å². The van der Waals surface area contributed by atoms with Gasteiger partial charge in [0, 0.05) is 35.5 Å². The third-order valence-electron chi connectivity index (χ3n) is 6.39. The van der Waals surface area contributed by atoms with Gasteiger partial charge in [-0.1, -0.05) is 26.0 Å². The van der Waals surface area contributed by atoms with E-state index in [0.29, 0.717) is 34.0 Å². The van der Waals surface area contributed by atoms with Crippen molar-refractivity contribution in [3.8, 4) is 11.5 Å². The number of non-ortho nitro benzene ring substituents is 1. The summed E-state index contributed by atoms with van der Waals surface area (Å²) in [6, 6.07) is 17.9. The first kappa shape index (κ1) is 23.4. The van der Waals surface area contributed by atoms with Crippen LogP contribution in [0.25, 0.3) is 11.3 Å². The highest BCUT2D eigenvalue weighted by Gasteiger charge is 2.30. The summed E-state index contributed by atoms with van der Waals surface area (Å²) in [5, 5.41) is 17.4. The average molecular weight is 487 g/mol. The third-order valence-corrected chi connectivity index (χ3v) is 6.39. The average Bonchev–Trinajstić information content (AvgIpc) is 3.49. The number of nitrogens with one attached hydrogen (secondary N) is 2. The Morgan fingerprint density at radius 3 is 2.50 bits per heavy atom. The molecule has 0 aliphatic carbocycles. The topological polar surface area (TPSA) is 106 Å². The van der Waals surface area contributed by atoms with Crippen LogP contribution in [0.1, 0.15) is 30.5 Å². The van der Waals surface area contributed by atoms with E-state index in [2.05, 4.69) is 41.5 Å². The molecule has 0 atom stereocenters. The molecule has 0 aromatic heterocycles. The molecule has 1 amide bonds. The zero-order chi connectivity index (χ0) is 25.2. The molecule has 2 aliphatic rings. The molecule has 0 saturated carbocycles. The molecule has 0 saturated heterocycles. The van der Waals surface area contributed by atoms with Crippen molar-refractivity contribution in [2.24, 2.45) is 0 Å². The lowest BCUT2D eigenvalue weighted by atomic mass is 9.99. The van der Waals surface area contributed by atoms with Gasteiger partial charge >= 0.3 is 0 Å². The minimum absolute atomic E-state index is 0.0864. The Labute approximate surface area is 208 Å². The van der Waals surface area contributed by atoms with E-state index < -0.39 is 4.92 Å². The predicted octanol–water partition coefficient (Wildman–Crippen LogP) is 5.10. The van der Waals surface area contributed by atoms with Gasteiger partial charge in [-0.25, -0.2) is 0 Å². The van der Waals surface area contributed by atoms with E-state index in [1.165, 1.54) is 17.7 Å². The van der Waals surface area contributed by atoms with Crippen molar-refractivity contribution in [2.45, 2.75) is 20.4 Å². The lowest BCUT2D eigenvalue weighted by Gasteiger charge is -2.19. The van der Waals surface area contributed by atoms with Gasteiger partial charge in [-0.15, -0.1) is 0 Å². The number of ether oxygens (including phenoxy) is 2. The molecule has 184 valence electrons. The Kier molecular flexibility index (Phi) is 6.30. The third kappa shape index (κ3) is 4.48. The summed E-state index contributed by atoms with van der Waals surface area (Å²) in [7, 11) is 0. The summed E-state index contributed by atoms with van der Waals surface area (Å²) >= 11 is 0. The smallest absolute Gasteiger partial charge is 0.271 e. The van der Waals surface area contributed by atoms with Crippen molar-refractivity contribution < 1.29 is 19.2 Å². The summed E-state index contributed by atoms with van der Waals surface area (Å²) in [4.78, 5) is 26.2. The number of hydrogen-bond acceptors (Lipinski definition) is 7. The van der Waals surface area contributed by atoms with Crippen molar-refractivity contribution in [2.75, 3.05) is 30.5 Å². The van der Waals surface area contributed by atoms with E-state index >= 15 is 0 Å². The predicted molar refractivity (Wildman–Crippen MR) is 138 cm³/mol. The number of nitro groups is 1. The molecule has 0 unspecified atom stereocenters. The maximum absolute atomic E-state index is 13.2. The van der Waals surface area contributed by atoms with Crippen LogP contribution in [-0.4, -0.2) is 35.6 Å². The normalized spacial score (nSPS) is 15.0. The fraction of sp³-hybridized carbons (Fsp3) is 0.222. The number of rotatable bonds is 8. The van der Waals surface area contributed by atoms with Crippen LogP contribution in [0.5, 0.6) is 11.5 Å². The number of amides is 1. The largest absolute Gasteiger partial charge is 0.454 e. The molecule has 0 bridgehead atoms. The van der Waals surface area contributed by atoms with Gasteiger partial charge in [0.05, 0.1) is 21.9 Å². The number of benzene rings is 3. The number of anilines is 2. The second-order valence-electron chi connectivity index (χ2n) is 8.54. The molecule has 0 fully saturated rings. The fourth-order valence-electron chi connectivity index (χ4n) is 4.40. The minimum Gasteiger partial charge on any atom is -0.454 e. The number of nitrogens with zero attached hydrogens (tertiary/aromatic N) is 2. The number of fused-ring (bicyclic) bond motifs is 2. The summed E-state index contributed by atoms with van der Waals surface area (Å²) in [5.74, 6) is 0.879. The molecule has 2 aliphatic heterocycles. The molecule has 2 N–H and O–H groups in total. The maximum atomic E-state index is 13.2. The Morgan fingerprint density at radius 1 is 1.03 bits per heavy atom. The summed E-state index contributed by atoms with van der Waals surface area (Å²) in [6.07, 6.45) is 0. The molecule has 36 heavy (non-hydrogen) atoms. The summed E-state index contributed by atoms with van der Waals surface area (Å²) in [5.41, 5.74) is 4.59. The molecule has 0 radical (unpaired) electrons. The van der Waals surface area contributed by atoms with E-state index in [1.54, 1.807) is 12.1 Å². The highest BCUT2D eigenvalue weighted by molar-refractivity contribution is 6.37. The van der Waals surface area contributed by atoms with Crippen molar-refractivity contribution in [3.63, 3.8) is 0 Å². The molecule has 9 nitrogen and oxygen atoms in total. The zero-order valence-corrected chi connectivity index (χ0v) is 20.0. The van der Waals surface area contributed by atoms with Crippen LogP contribution in [0.4, 0.5) is 17.1 Å².